The highest BCUT2D eigenvalue weighted by Crippen LogP contribution is 2.28. The Balaban J connectivity index is 1.28. The lowest BCUT2D eigenvalue weighted by Crippen LogP contribution is -2.44. The molecule has 1 unspecified atom stereocenters. The number of anilines is 1. The fraction of sp³-hybridized carbons (Fsp3) is 0.591. The third-order valence-electron chi connectivity index (χ3n) is 5.81. The van der Waals surface area contributed by atoms with E-state index in [1.54, 1.807) is 7.11 Å². The molecule has 0 spiro atoms. The van der Waals surface area contributed by atoms with Gasteiger partial charge in [0.1, 0.15) is 17.6 Å². The van der Waals surface area contributed by atoms with Crippen LogP contribution < -0.4 is 15.0 Å². The Kier molecular flexibility index (Phi) is 7.71. The Labute approximate surface area is 187 Å². The largest absolute Gasteiger partial charge is 0.497 e. The van der Waals surface area contributed by atoms with Gasteiger partial charge < -0.3 is 19.7 Å². The van der Waals surface area contributed by atoms with Crippen LogP contribution in [0.15, 0.2) is 24.3 Å². The zero-order valence-corrected chi connectivity index (χ0v) is 18.9. The summed E-state index contributed by atoms with van der Waals surface area (Å²) in [6.07, 6.45) is 3.47. The first kappa shape index (κ1) is 22.0. The van der Waals surface area contributed by atoms with Gasteiger partial charge in [-0.05, 0) is 43.5 Å². The van der Waals surface area contributed by atoms with Crippen LogP contribution >= 0.6 is 11.5 Å². The Morgan fingerprint density at radius 2 is 2.19 bits per heavy atom. The number of morpholine rings is 1. The maximum atomic E-state index is 12.8. The summed E-state index contributed by atoms with van der Waals surface area (Å²) in [5.74, 6) is 1.71. The molecular formula is C22H31N5O3S. The summed E-state index contributed by atoms with van der Waals surface area (Å²) in [6, 6.07) is 7.80. The molecule has 2 aliphatic rings. The van der Waals surface area contributed by atoms with Crippen molar-refractivity contribution in [3.8, 4) is 5.75 Å². The summed E-state index contributed by atoms with van der Waals surface area (Å²) in [5.41, 5.74) is 1.11. The van der Waals surface area contributed by atoms with Crippen molar-refractivity contribution in [1.29, 1.82) is 0 Å². The van der Waals surface area contributed by atoms with E-state index in [2.05, 4.69) is 19.5 Å². The van der Waals surface area contributed by atoms with Gasteiger partial charge in [0.05, 0.1) is 20.3 Å². The highest BCUT2D eigenvalue weighted by molar-refractivity contribution is 7.09. The minimum Gasteiger partial charge on any atom is -0.497 e. The van der Waals surface area contributed by atoms with Gasteiger partial charge in [0, 0.05) is 44.1 Å². The first-order valence-corrected chi connectivity index (χ1v) is 11.8. The molecule has 2 saturated heterocycles. The van der Waals surface area contributed by atoms with Gasteiger partial charge in [-0.1, -0.05) is 12.1 Å². The third kappa shape index (κ3) is 5.93. The molecule has 3 heterocycles. The van der Waals surface area contributed by atoms with Crippen LogP contribution in [0.1, 0.15) is 30.7 Å². The van der Waals surface area contributed by atoms with Gasteiger partial charge in [-0.15, -0.1) is 0 Å². The summed E-state index contributed by atoms with van der Waals surface area (Å²) < 4.78 is 15.2. The van der Waals surface area contributed by atoms with Crippen LogP contribution in [0.2, 0.25) is 0 Å². The molecule has 168 valence electrons. The van der Waals surface area contributed by atoms with E-state index in [1.165, 1.54) is 11.5 Å². The van der Waals surface area contributed by atoms with Crippen LogP contribution in [-0.4, -0.2) is 79.3 Å². The second-order valence-electron chi connectivity index (χ2n) is 7.97. The van der Waals surface area contributed by atoms with Crippen molar-refractivity contribution in [2.75, 3.05) is 57.9 Å². The van der Waals surface area contributed by atoms with Crippen LogP contribution in [0.3, 0.4) is 0 Å². The second kappa shape index (κ2) is 10.9. The summed E-state index contributed by atoms with van der Waals surface area (Å²) in [7, 11) is 1.67. The van der Waals surface area contributed by atoms with Crippen molar-refractivity contribution in [1.82, 2.24) is 19.6 Å². The molecule has 0 saturated carbocycles. The smallest absolute Gasteiger partial charge is 0.242 e. The molecule has 1 atom stereocenters. The highest BCUT2D eigenvalue weighted by Gasteiger charge is 2.32. The number of carbonyl (C=O) groups is 1. The molecule has 1 amide bonds. The van der Waals surface area contributed by atoms with Crippen LogP contribution in [0.25, 0.3) is 0 Å². The lowest BCUT2D eigenvalue weighted by atomic mass is 10.1. The number of hydrogen-bond donors (Lipinski definition) is 1. The van der Waals surface area contributed by atoms with Crippen LogP contribution in [0, 0.1) is 0 Å². The van der Waals surface area contributed by atoms with E-state index in [9.17, 15) is 4.79 Å². The van der Waals surface area contributed by atoms with Crippen LogP contribution in [0.4, 0.5) is 5.13 Å². The second-order valence-corrected chi connectivity index (χ2v) is 8.70. The van der Waals surface area contributed by atoms with E-state index in [0.717, 1.165) is 80.9 Å². The minimum absolute atomic E-state index is 0.101. The van der Waals surface area contributed by atoms with E-state index in [1.807, 2.05) is 24.3 Å². The number of benzene rings is 1. The van der Waals surface area contributed by atoms with E-state index in [-0.39, 0.29) is 11.9 Å². The Bertz CT molecular complexity index is 855. The van der Waals surface area contributed by atoms with Crippen molar-refractivity contribution in [3.05, 3.63) is 35.7 Å². The molecule has 8 nitrogen and oxygen atoms in total. The maximum Gasteiger partial charge on any atom is 0.242 e. The van der Waals surface area contributed by atoms with Crippen LogP contribution in [0.5, 0.6) is 5.75 Å². The summed E-state index contributed by atoms with van der Waals surface area (Å²) in [5, 5.41) is 3.96. The predicted molar refractivity (Wildman–Crippen MR) is 121 cm³/mol. The zero-order valence-electron chi connectivity index (χ0n) is 18.1. The number of aromatic nitrogens is 2. The Morgan fingerprint density at radius 1 is 1.32 bits per heavy atom. The molecule has 2 fully saturated rings. The van der Waals surface area contributed by atoms with Crippen molar-refractivity contribution < 1.29 is 14.3 Å². The fourth-order valence-electron chi connectivity index (χ4n) is 4.12. The van der Waals surface area contributed by atoms with Gasteiger partial charge in [-0.2, -0.15) is 4.37 Å². The van der Waals surface area contributed by atoms with Gasteiger partial charge >= 0.3 is 0 Å². The lowest BCUT2D eigenvalue weighted by molar-refractivity contribution is -0.122. The molecule has 31 heavy (non-hydrogen) atoms. The lowest BCUT2D eigenvalue weighted by Gasteiger charge is -2.26. The standard InChI is InChI=1S/C22H31N5O3S/c1-29-18-6-2-5-17(15-18)16-20-24-22(31-25-20)27-10-3-7-19(27)21(28)23-8-4-9-26-11-13-30-14-12-26/h2,5-6,15,19H,3-4,7-14,16H2,1H3,(H,23,28). The molecule has 2 aromatic rings. The molecule has 0 aliphatic carbocycles. The summed E-state index contributed by atoms with van der Waals surface area (Å²) >= 11 is 1.38. The van der Waals surface area contributed by atoms with Gasteiger partial charge in [-0.25, -0.2) is 4.98 Å². The number of ether oxygens (including phenoxy) is 2. The van der Waals surface area contributed by atoms with Crippen molar-refractivity contribution in [3.63, 3.8) is 0 Å². The average Bonchev–Trinajstić information content (AvgIpc) is 3.47. The molecule has 9 heteroatoms. The highest BCUT2D eigenvalue weighted by atomic mass is 32.1. The van der Waals surface area contributed by atoms with E-state index >= 15 is 0 Å². The number of nitrogens with zero attached hydrogens (tertiary/aromatic N) is 4. The average molecular weight is 446 g/mol. The SMILES string of the molecule is COc1cccc(Cc2nsc(N3CCCC3C(=O)NCCCN3CCOCC3)n2)c1. The zero-order chi connectivity index (χ0) is 21.5. The van der Waals surface area contributed by atoms with Crippen molar-refractivity contribution >= 4 is 22.6 Å². The Morgan fingerprint density at radius 3 is 3.03 bits per heavy atom. The molecule has 2 aliphatic heterocycles. The number of amides is 1. The van der Waals surface area contributed by atoms with Crippen molar-refractivity contribution in [2.24, 2.45) is 0 Å². The van der Waals surface area contributed by atoms with Gasteiger partial charge in [0.25, 0.3) is 0 Å². The van der Waals surface area contributed by atoms with Crippen molar-refractivity contribution in [2.45, 2.75) is 31.7 Å². The Hall–Kier alpha value is -2.23. The van der Waals surface area contributed by atoms with Gasteiger partial charge in [0.2, 0.25) is 11.0 Å². The maximum absolute atomic E-state index is 12.8. The first-order valence-electron chi connectivity index (χ1n) is 11.0. The summed E-state index contributed by atoms with van der Waals surface area (Å²) in [6.45, 7) is 6.15. The van der Waals surface area contributed by atoms with Gasteiger partial charge in [0.15, 0.2) is 0 Å². The van der Waals surface area contributed by atoms with Crippen LogP contribution in [-0.2, 0) is 16.0 Å². The third-order valence-corrected chi connectivity index (χ3v) is 6.60. The number of hydrogen-bond acceptors (Lipinski definition) is 8. The fourth-order valence-corrected chi connectivity index (χ4v) is 4.89. The van der Waals surface area contributed by atoms with E-state index < -0.39 is 0 Å². The van der Waals surface area contributed by atoms with E-state index in [0.29, 0.717) is 13.0 Å². The minimum atomic E-state index is -0.152. The monoisotopic (exact) mass is 445 g/mol. The number of methoxy groups -OCH3 is 1. The quantitative estimate of drug-likeness (QED) is 0.591. The molecule has 4 rings (SSSR count). The first-order chi connectivity index (χ1) is 15.2. The van der Waals surface area contributed by atoms with Gasteiger partial charge in [-0.3, -0.25) is 9.69 Å². The molecule has 0 bridgehead atoms. The molecule has 0 radical (unpaired) electrons. The van der Waals surface area contributed by atoms with E-state index in [4.69, 9.17) is 14.5 Å². The molecule has 1 aromatic carbocycles. The molecule has 1 N–H and O–H groups in total. The normalized spacial score (nSPS) is 19.5. The predicted octanol–water partition coefficient (Wildman–Crippen LogP) is 1.94. The number of carbonyl (C=O) groups excluding carboxylic acids is 1. The summed E-state index contributed by atoms with van der Waals surface area (Å²) in [4.78, 5) is 22.0. The topological polar surface area (TPSA) is 79.8 Å². The molecule has 1 aromatic heterocycles. The molecular weight excluding hydrogens is 414 g/mol. The number of rotatable bonds is 9. The number of nitrogens with one attached hydrogen (secondary N) is 1.